The predicted octanol–water partition coefficient (Wildman–Crippen LogP) is 2.56. The maximum Gasteiger partial charge on any atom is 0.325 e. The molecule has 0 radical (unpaired) electrons. The van der Waals surface area contributed by atoms with Crippen LogP contribution in [0.15, 0.2) is 24.3 Å². The standard InChI is InChI=1S/C17H25NO4/c1-13(2)18(12-17(20)21-4)16(19)10-7-11-22-15-9-6-5-8-14(15)3/h5-6,8-9,13H,7,10-12H2,1-4H3. The van der Waals surface area contributed by atoms with E-state index in [1.165, 1.54) is 12.0 Å². The topological polar surface area (TPSA) is 55.8 Å². The SMILES string of the molecule is COC(=O)CN(C(=O)CCCOc1ccccc1C)C(C)C. The summed E-state index contributed by atoms with van der Waals surface area (Å²) in [5.41, 5.74) is 1.07. The molecule has 0 bridgehead atoms. The van der Waals surface area contributed by atoms with Gasteiger partial charge in [-0.05, 0) is 38.8 Å². The van der Waals surface area contributed by atoms with Crippen LogP contribution in [0.5, 0.6) is 5.75 Å². The van der Waals surface area contributed by atoms with Crippen LogP contribution in [0.3, 0.4) is 0 Å². The van der Waals surface area contributed by atoms with Gasteiger partial charge in [0, 0.05) is 12.5 Å². The predicted molar refractivity (Wildman–Crippen MR) is 84.8 cm³/mol. The van der Waals surface area contributed by atoms with Crippen molar-refractivity contribution in [1.82, 2.24) is 4.90 Å². The Morgan fingerprint density at radius 2 is 1.91 bits per heavy atom. The number of esters is 1. The van der Waals surface area contributed by atoms with E-state index in [1.807, 2.05) is 45.0 Å². The van der Waals surface area contributed by atoms with E-state index in [0.29, 0.717) is 19.4 Å². The lowest BCUT2D eigenvalue weighted by Crippen LogP contribution is -2.41. The van der Waals surface area contributed by atoms with Gasteiger partial charge in [-0.3, -0.25) is 9.59 Å². The number of para-hydroxylation sites is 1. The van der Waals surface area contributed by atoms with Crippen LogP contribution in [0.25, 0.3) is 0 Å². The summed E-state index contributed by atoms with van der Waals surface area (Å²) in [5, 5.41) is 0. The minimum atomic E-state index is -0.404. The molecule has 22 heavy (non-hydrogen) atoms. The molecule has 0 saturated carbocycles. The van der Waals surface area contributed by atoms with Crippen molar-refractivity contribution in [2.45, 2.75) is 39.7 Å². The summed E-state index contributed by atoms with van der Waals surface area (Å²) >= 11 is 0. The molecular weight excluding hydrogens is 282 g/mol. The van der Waals surface area contributed by atoms with Gasteiger partial charge in [0.05, 0.1) is 13.7 Å². The van der Waals surface area contributed by atoms with Gasteiger partial charge in [0.25, 0.3) is 0 Å². The molecular formula is C17H25NO4. The minimum Gasteiger partial charge on any atom is -0.493 e. The zero-order chi connectivity index (χ0) is 16.5. The number of carbonyl (C=O) groups is 2. The first-order valence-corrected chi connectivity index (χ1v) is 7.50. The third-order valence-electron chi connectivity index (χ3n) is 3.36. The Bertz CT molecular complexity index is 499. The van der Waals surface area contributed by atoms with Gasteiger partial charge in [-0.15, -0.1) is 0 Å². The van der Waals surface area contributed by atoms with E-state index in [0.717, 1.165) is 11.3 Å². The average Bonchev–Trinajstić information content (AvgIpc) is 2.49. The lowest BCUT2D eigenvalue weighted by Gasteiger charge is -2.25. The molecule has 0 aliphatic carbocycles. The smallest absolute Gasteiger partial charge is 0.325 e. The maximum atomic E-state index is 12.2. The van der Waals surface area contributed by atoms with Gasteiger partial charge >= 0.3 is 5.97 Å². The number of hydrogen-bond donors (Lipinski definition) is 0. The quantitative estimate of drug-likeness (QED) is 0.547. The molecule has 0 spiro atoms. The molecule has 1 rings (SSSR count). The average molecular weight is 307 g/mol. The summed E-state index contributed by atoms with van der Waals surface area (Å²) in [7, 11) is 1.32. The molecule has 0 unspecified atom stereocenters. The molecule has 1 aromatic rings. The van der Waals surface area contributed by atoms with E-state index in [-0.39, 0.29) is 18.5 Å². The molecule has 1 amide bonds. The molecule has 122 valence electrons. The van der Waals surface area contributed by atoms with E-state index in [4.69, 9.17) is 4.74 Å². The lowest BCUT2D eigenvalue weighted by atomic mass is 10.2. The number of aryl methyl sites for hydroxylation is 1. The summed E-state index contributed by atoms with van der Waals surface area (Å²) in [4.78, 5) is 25.0. The Labute approximate surface area is 132 Å². The van der Waals surface area contributed by atoms with Crippen LogP contribution in [-0.4, -0.2) is 43.1 Å². The molecule has 1 aromatic carbocycles. The van der Waals surface area contributed by atoms with E-state index >= 15 is 0 Å². The van der Waals surface area contributed by atoms with Crippen molar-refractivity contribution in [3.8, 4) is 5.75 Å². The van der Waals surface area contributed by atoms with Crippen molar-refractivity contribution in [2.75, 3.05) is 20.3 Å². The summed E-state index contributed by atoms with van der Waals surface area (Å²) in [6.45, 7) is 6.21. The van der Waals surface area contributed by atoms with Crippen molar-refractivity contribution < 1.29 is 19.1 Å². The molecule has 0 aliphatic rings. The van der Waals surface area contributed by atoms with Crippen LogP contribution in [0.2, 0.25) is 0 Å². The highest BCUT2D eigenvalue weighted by molar-refractivity contribution is 5.82. The molecule has 0 atom stereocenters. The molecule has 5 nitrogen and oxygen atoms in total. The molecule has 0 N–H and O–H groups in total. The van der Waals surface area contributed by atoms with Gasteiger partial charge in [-0.1, -0.05) is 18.2 Å². The Balaban J connectivity index is 2.40. The Kier molecular flexibility index (Phi) is 7.43. The number of benzene rings is 1. The number of rotatable bonds is 8. The van der Waals surface area contributed by atoms with Crippen molar-refractivity contribution >= 4 is 11.9 Å². The van der Waals surface area contributed by atoms with Crippen LogP contribution < -0.4 is 4.74 Å². The van der Waals surface area contributed by atoms with Gasteiger partial charge in [-0.25, -0.2) is 0 Å². The summed E-state index contributed by atoms with van der Waals surface area (Å²) in [6.07, 6.45) is 0.957. The van der Waals surface area contributed by atoms with Gasteiger partial charge in [0.2, 0.25) is 5.91 Å². The second-order valence-electron chi connectivity index (χ2n) is 5.41. The number of methoxy groups -OCH3 is 1. The highest BCUT2D eigenvalue weighted by Crippen LogP contribution is 2.16. The molecule has 5 heteroatoms. The summed E-state index contributed by atoms with van der Waals surface area (Å²) in [5.74, 6) is 0.372. The number of ether oxygens (including phenoxy) is 2. The van der Waals surface area contributed by atoms with Crippen molar-refractivity contribution in [3.05, 3.63) is 29.8 Å². The first-order chi connectivity index (χ1) is 10.5. The van der Waals surface area contributed by atoms with E-state index < -0.39 is 5.97 Å². The summed E-state index contributed by atoms with van der Waals surface area (Å²) in [6, 6.07) is 7.74. The fourth-order valence-corrected chi connectivity index (χ4v) is 2.03. The number of amides is 1. The lowest BCUT2D eigenvalue weighted by molar-refractivity contribution is -0.148. The van der Waals surface area contributed by atoms with Crippen molar-refractivity contribution in [3.63, 3.8) is 0 Å². The normalized spacial score (nSPS) is 10.4. The Morgan fingerprint density at radius 1 is 1.23 bits per heavy atom. The monoisotopic (exact) mass is 307 g/mol. The first kappa shape index (κ1) is 18.0. The van der Waals surface area contributed by atoms with Crippen LogP contribution >= 0.6 is 0 Å². The van der Waals surface area contributed by atoms with Crippen LogP contribution in [-0.2, 0) is 14.3 Å². The Hall–Kier alpha value is -2.04. The van der Waals surface area contributed by atoms with Gasteiger partial charge in [0.1, 0.15) is 12.3 Å². The highest BCUT2D eigenvalue weighted by Gasteiger charge is 2.19. The third-order valence-corrected chi connectivity index (χ3v) is 3.36. The van der Waals surface area contributed by atoms with E-state index in [1.54, 1.807) is 0 Å². The highest BCUT2D eigenvalue weighted by atomic mass is 16.5. The molecule has 0 heterocycles. The molecule has 0 saturated heterocycles. The van der Waals surface area contributed by atoms with Gasteiger partial charge in [0.15, 0.2) is 0 Å². The molecule has 0 aliphatic heterocycles. The fourth-order valence-electron chi connectivity index (χ4n) is 2.03. The van der Waals surface area contributed by atoms with Crippen molar-refractivity contribution in [1.29, 1.82) is 0 Å². The van der Waals surface area contributed by atoms with E-state index in [9.17, 15) is 9.59 Å². The van der Waals surface area contributed by atoms with Crippen LogP contribution in [0.4, 0.5) is 0 Å². The zero-order valence-electron chi connectivity index (χ0n) is 13.8. The third kappa shape index (κ3) is 5.76. The molecule has 0 fully saturated rings. The van der Waals surface area contributed by atoms with Crippen molar-refractivity contribution in [2.24, 2.45) is 0 Å². The molecule has 0 aromatic heterocycles. The first-order valence-electron chi connectivity index (χ1n) is 7.50. The second kappa shape index (κ2) is 9.07. The van der Waals surface area contributed by atoms with Gasteiger partial charge in [-0.2, -0.15) is 0 Å². The zero-order valence-corrected chi connectivity index (χ0v) is 13.8. The number of hydrogen-bond acceptors (Lipinski definition) is 4. The van der Waals surface area contributed by atoms with Gasteiger partial charge < -0.3 is 14.4 Å². The second-order valence-corrected chi connectivity index (χ2v) is 5.41. The van der Waals surface area contributed by atoms with Crippen LogP contribution in [0.1, 0.15) is 32.3 Å². The maximum absolute atomic E-state index is 12.2. The minimum absolute atomic E-state index is 0.00828. The van der Waals surface area contributed by atoms with Crippen LogP contribution in [0, 0.1) is 6.92 Å². The number of nitrogens with zero attached hydrogens (tertiary/aromatic N) is 1. The Morgan fingerprint density at radius 3 is 2.50 bits per heavy atom. The van der Waals surface area contributed by atoms with E-state index in [2.05, 4.69) is 4.74 Å². The fraction of sp³-hybridized carbons (Fsp3) is 0.529. The summed E-state index contributed by atoms with van der Waals surface area (Å²) < 4.78 is 10.3. The number of carbonyl (C=O) groups excluding carboxylic acids is 2. The largest absolute Gasteiger partial charge is 0.493 e.